The molecule has 0 bridgehead atoms. The Balaban J connectivity index is 2.15. The summed E-state index contributed by atoms with van der Waals surface area (Å²) in [6, 6.07) is 11.3. The standard InChI is InChI=1S/C15H17BrN2/c1-11-9-15(18-8-4-5-12(18)10-16)13-6-2-3-7-14(13)17-11/h2-3,6-7,9,12H,4-5,8,10H2,1H3. The van der Waals surface area contributed by atoms with Gasteiger partial charge < -0.3 is 4.90 Å². The Labute approximate surface area is 116 Å². The molecule has 1 aliphatic rings. The van der Waals surface area contributed by atoms with Crippen LogP contribution >= 0.6 is 15.9 Å². The number of nitrogens with zero attached hydrogens (tertiary/aromatic N) is 2. The smallest absolute Gasteiger partial charge is 0.0726 e. The molecule has 1 atom stereocenters. The maximum atomic E-state index is 4.62. The van der Waals surface area contributed by atoms with Crippen LogP contribution in [0.25, 0.3) is 10.9 Å². The Hall–Kier alpha value is -1.09. The molecule has 1 aromatic heterocycles. The lowest BCUT2D eigenvalue weighted by Gasteiger charge is -2.27. The van der Waals surface area contributed by atoms with Crippen LogP contribution in [-0.2, 0) is 0 Å². The van der Waals surface area contributed by atoms with Gasteiger partial charge in [0.25, 0.3) is 0 Å². The van der Waals surface area contributed by atoms with E-state index in [4.69, 9.17) is 0 Å². The molecule has 0 amide bonds. The van der Waals surface area contributed by atoms with Gasteiger partial charge in [0.1, 0.15) is 0 Å². The van der Waals surface area contributed by atoms with Crippen LogP contribution in [0.2, 0.25) is 0 Å². The zero-order valence-electron chi connectivity index (χ0n) is 10.6. The van der Waals surface area contributed by atoms with Crippen molar-refractivity contribution in [3.8, 4) is 0 Å². The summed E-state index contributed by atoms with van der Waals surface area (Å²) in [5, 5.41) is 2.32. The highest BCUT2D eigenvalue weighted by molar-refractivity contribution is 9.09. The molecule has 0 N–H and O–H groups in total. The number of para-hydroxylation sites is 1. The van der Waals surface area contributed by atoms with Gasteiger partial charge >= 0.3 is 0 Å². The van der Waals surface area contributed by atoms with Crippen LogP contribution in [0.1, 0.15) is 18.5 Å². The molecule has 1 aliphatic heterocycles. The zero-order valence-corrected chi connectivity index (χ0v) is 12.2. The lowest BCUT2D eigenvalue weighted by Crippen LogP contribution is -2.30. The van der Waals surface area contributed by atoms with Crippen molar-refractivity contribution in [2.24, 2.45) is 0 Å². The van der Waals surface area contributed by atoms with Gasteiger partial charge in [-0.25, -0.2) is 0 Å². The van der Waals surface area contributed by atoms with E-state index in [0.717, 1.165) is 23.1 Å². The fourth-order valence-electron chi connectivity index (χ4n) is 2.84. The van der Waals surface area contributed by atoms with Gasteiger partial charge in [0.05, 0.1) is 5.52 Å². The monoisotopic (exact) mass is 304 g/mol. The Morgan fingerprint density at radius 3 is 3.06 bits per heavy atom. The van der Waals surface area contributed by atoms with E-state index in [1.54, 1.807) is 0 Å². The van der Waals surface area contributed by atoms with Gasteiger partial charge in [0.15, 0.2) is 0 Å². The molecular formula is C15H17BrN2. The number of rotatable bonds is 2. The molecule has 3 rings (SSSR count). The molecule has 0 spiro atoms. The van der Waals surface area contributed by atoms with E-state index in [-0.39, 0.29) is 0 Å². The first kappa shape index (κ1) is 12.0. The molecule has 2 heterocycles. The average molecular weight is 305 g/mol. The first-order valence-corrected chi connectivity index (χ1v) is 7.61. The Kier molecular flexibility index (Phi) is 3.25. The maximum absolute atomic E-state index is 4.62. The van der Waals surface area contributed by atoms with Crippen LogP contribution in [0, 0.1) is 6.92 Å². The molecule has 94 valence electrons. The molecule has 3 heteroatoms. The summed E-state index contributed by atoms with van der Waals surface area (Å²) in [5.41, 5.74) is 3.55. The van der Waals surface area contributed by atoms with Crippen LogP contribution in [0.3, 0.4) is 0 Å². The molecule has 1 saturated heterocycles. The number of benzene rings is 1. The van der Waals surface area contributed by atoms with Gasteiger partial charge in [0, 0.05) is 34.7 Å². The maximum Gasteiger partial charge on any atom is 0.0726 e. The third kappa shape index (κ3) is 2.01. The van der Waals surface area contributed by atoms with Gasteiger partial charge in [-0.05, 0) is 31.9 Å². The Morgan fingerprint density at radius 1 is 1.39 bits per heavy atom. The van der Waals surface area contributed by atoms with Gasteiger partial charge in [-0.15, -0.1) is 0 Å². The largest absolute Gasteiger partial charge is 0.367 e. The minimum Gasteiger partial charge on any atom is -0.367 e. The molecule has 0 saturated carbocycles. The molecule has 1 fully saturated rings. The lowest BCUT2D eigenvalue weighted by molar-refractivity contribution is 0.751. The molecule has 0 radical (unpaired) electrons. The molecule has 1 aromatic carbocycles. The molecular weight excluding hydrogens is 288 g/mol. The first-order valence-electron chi connectivity index (χ1n) is 6.48. The number of aryl methyl sites for hydroxylation is 1. The highest BCUT2D eigenvalue weighted by atomic mass is 79.9. The van der Waals surface area contributed by atoms with E-state index >= 15 is 0 Å². The van der Waals surface area contributed by atoms with Crippen LogP contribution < -0.4 is 4.90 Å². The van der Waals surface area contributed by atoms with E-state index in [2.05, 4.69) is 63.1 Å². The topological polar surface area (TPSA) is 16.1 Å². The number of alkyl halides is 1. The van der Waals surface area contributed by atoms with Gasteiger partial charge in [0.2, 0.25) is 0 Å². The zero-order chi connectivity index (χ0) is 12.5. The number of anilines is 1. The molecule has 2 aromatic rings. The van der Waals surface area contributed by atoms with Crippen molar-refractivity contribution in [2.45, 2.75) is 25.8 Å². The quantitative estimate of drug-likeness (QED) is 0.782. The number of hydrogen-bond acceptors (Lipinski definition) is 2. The van der Waals surface area contributed by atoms with E-state index in [0.29, 0.717) is 6.04 Å². The summed E-state index contributed by atoms with van der Waals surface area (Å²) in [7, 11) is 0. The van der Waals surface area contributed by atoms with Gasteiger partial charge in [-0.3, -0.25) is 4.98 Å². The average Bonchev–Trinajstić information content (AvgIpc) is 2.85. The third-order valence-corrected chi connectivity index (χ3v) is 4.43. The van der Waals surface area contributed by atoms with E-state index in [1.807, 2.05) is 0 Å². The van der Waals surface area contributed by atoms with Gasteiger partial charge in [-0.1, -0.05) is 34.1 Å². The number of fused-ring (bicyclic) bond motifs is 1. The van der Waals surface area contributed by atoms with Crippen LogP contribution in [0.5, 0.6) is 0 Å². The van der Waals surface area contributed by atoms with Gasteiger partial charge in [-0.2, -0.15) is 0 Å². The summed E-state index contributed by atoms with van der Waals surface area (Å²) in [6.07, 6.45) is 2.56. The van der Waals surface area contributed by atoms with E-state index < -0.39 is 0 Å². The van der Waals surface area contributed by atoms with Crippen LogP contribution in [0.4, 0.5) is 5.69 Å². The summed E-state index contributed by atoms with van der Waals surface area (Å²) in [6.45, 7) is 3.23. The van der Waals surface area contributed by atoms with E-state index in [9.17, 15) is 0 Å². The van der Waals surface area contributed by atoms with Crippen LogP contribution in [0.15, 0.2) is 30.3 Å². The minimum atomic E-state index is 0.621. The highest BCUT2D eigenvalue weighted by Crippen LogP contribution is 2.32. The van der Waals surface area contributed by atoms with Crippen molar-refractivity contribution in [3.63, 3.8) is 0 Å². The number of halogens is 1. The minimum absolute atomic E-state index is 0.621. The van der Waals surface area contributed by atoms with Crippen molar-refractivity contribution >= 4 is 32.5 Å². The van der Waals surface area contributed by atoms with E-state index in [1.165, 1.54) is 23.9 Å². The number of pyridine rings is 1. The number of aromatic nitrogens is 1. The van der Waals surface area contributed by atoms with Crippen molar-refractivity contribution < 1.29 is 0 Å². The molecule has 18 heavy (non-hydrogen) atoms. The van der Waals surface area contributed by atoms with Crippen molar-refractivity contribution in [3.05, 3.63) is 36.0 Å². The van der Waals surface area contributed by atoms with Crippen molar-refractivity contribution in [1.82, 2.24) is 4.98 Å². The van der Waals surface area contributed by atoms with Crippen molar-refractivity contribution in [1.29, 1.82) is 0 Å². The predicted molar refractivity (Wildman–Crippen MR) is 80.6 cm³/mol. The number of hydrogen-bond donors (Lipinski definition) is 0. The second-order valence-electron chi connectivity index (χ2n) is 4.94. The van der Waals surface area contributed by atoms with Crippen LogP contribution in [-0.4, -0.2) is 22.9 Å². The fourth-order valence-corrected chi connectivity index (χ4v) is 3.51. The summed E-state index contributed by atoms with van der Waals surface area (Å²) in [4.78, 5) is 7.15. The SMILES string of the molecule is Cc1cc(N2CCCC2CBr)c2ccccc2n1. The summed E-state index contributed by atoms with van der Waals surface area (Å²) < 4.78 is 0. The fraction of sp³-hybridized carbons (Fsp3) is 0.400. The molecule has 2 nitrogen and oxygen atoms in total. The Bertz CT molecular complexity index is 567. The second-order valence-corrected chi connectivity index (χ2v) is 5.59. The third-order valence-electron chi connectivity index (χ3n) is 3.69. The normalized spacial score (nSPS) is 19.7. The Morgan fingerprint density at radius 2 is 2.22 bits per heavy atom. The lowest BCUT2D eigenvalue weighted by atomic mass is 10.1. The first-order chi connectivity index (χ1) is 8.79. The predicted octanol–water partition coefficient (Wildman–Crippen LogP) is 3.91. The second kappa shape index (κ2) is 4.88. The molecule has 1 unspecified atom stereocenters. The van der Waals surface area contributed by atoms with Crippen molar-refractivity contribution in [2.75, 3.05) is 16.8 Å². The molecule has 0 aliphatic carbocycles. The highest BCUT2D eigenvalue weighted by Gasteiger charge is 2.25. The summed E-state index contributed by atoms with van der Waals surface area (Å²) >= 11 is 3.64. The summed E-state index contributed by atoms with van der Waals surface area (Å²) in [5.74, 6) is 0.